The van der Waals surface area contributed by atoms with E-state index in [4.69, 9.17) is 4.74 Å². The average molecular weight is 331 g/mol. The minimum Gasteiger partial charge on any atom is -0.383 e. The monoisotopic (exact) mass is 330 g/mol. The van der Waals surface area contributed by atoms with Crippen LogP contribution in [-0.4, -0.2) is 31.2 Å². The number of nitrogens with one attached hydrogen (secondary N) is 1. The Balaban J connectivity index is 2.71. The van der Waals surface area contributed by atoms with Crippen molar-refractivity contribution in [3.8, 4) is 0 Å². The lowest BCUT2D eigenvalue weighted by molar-refractivity contribution is -0.385. The fraction of sp³-hybridized carbons (Fsp3) is 0.538. The second-order valence-electron chi connectivity index (χ2n) is 4.26. The quantitative estimate of drug-likeness (QED) is 0.588. The molecule has 0 radical (unpaired) electrons. The first-order chi connectivity index (χ1) is 9.10. The van der Waals surface area contributed by atoms with E-state index in [-0.39, 0.29) is 16.7 Å². The third-order valence-corrected chi connectivity index (χ3v) is 3.79. The van der Waals surface area contributed by atoms with Crippen molar-refractivity contribution in [2.24, 2.45) is 0 Å². The highest BCUT2D eigenvalue weighted by molar-refractivity contribution is 9.10. The Bertz CT molecular complexity index is 420. The van der Waals surface area contributed by atoms with Crippen LogP contribution in [0.25, 0.3) is 0 Å². The van der Waals surface area contributed by atoms with E-state index in [1.165, 1.54) is 6.07 Å². The number of aryl methyl sites for hydroxylation is 1. The smallest absolute Gasteiger partial charge is 0.283 e. The van der Waals surface area contributed by atoms with Crippen molar-refractivity contribution in [1.82, 2.24) is 5.32 Å². The zero-order chi connectivity index (χ0) is 14.3. The maximum absolute atomic E-state index is 10.9. The summed E-state index contributed by atoms with van der Waals surface area (Å²) in [6.45, 7) is 3.57. The summed E-state index contributed by atoms with van der Waals surface area (Å²) in [5.41, 5.74) is 1.07. The van der Waals surface area contributed by atoms with Gasteiger partial charge in [-0.2, -0.15) is 0 Å². The predicted octanol–water partition coefficient (Wildman–Crippen LogP) is 2.91. The second-order valence-corrected chi connectivity index (χ2v) is 5.05. The van der Waals surface area contributed by atoms with Crippen LogP contribution in [0, 0.1) is 10.1 Å². The number of nitrogens with zero attached hydrogens (tertiary/aromatic N) is 1. The zero-order valence-electron chi connectivity index (χ0n) is 11.2. The number of hydrogen-bond donors (Lipinski definition) is 1. The number of likely N-dealkylation sites (N-methyl/N-ethyl adjacent to an activating group) is 1. The third kappa shape index (κ3) is 4.89. The lowest BCUT2D eigenvalue weighted by Gasteiger charge is -2.17. The maximum Gasteiger partial charge on any atom is 0.283 e. The van der Waals surface area contributed by atoms with Crippen LogP contribution in [0.5, 0.6) is 0 Å². The van der Waals surface area contributed by atoms with Crippen LogP contribution in [0.3, 0.4) is 0 Å². The van der Waals surface area contributed by atoms with Crippen LogP contribution < -0.4 is 5.32 Å². The van der Waals surface area contributed by atoms with Gasteiger partial charge in [-0.1, -0.05) is 19.1 Å². The molecular weight excluding hydrogens is 312 g/mol. The number of benzene rings is 1. The van der Waals surface area contributed by atoms with Gasteiger partial charge < -0.3 is 10.1 Å². The normalized spacial score (nSPS) is 12.4. The highest BCUT2D eigenvalue weighted by Crippen LogP contribution is 2.29. The molecule has 106 valence electrons. The van der Waals surface area contributed by atoms with Gasteiger partial charge in [-0.15, -0.1) is 0 Å². The Labute approximate surface area is 121 Å². The van der Waals surface area contributed by atoms with Gasteiger partial charge in [0.25, 0.3) is 5.69 Å². The molecule has 0 fully saturated rings. The Morgan fingerprint density at radius 3 is 2.84 bits per heavy atom. The largest absolute Gasteiger partial charge is 0.383 e. The summed E-state index contributed by atoms with van der Waals surface area (Å²) in [7, 11) is 1.67. The fourth-order valence-corrected chi connectivity index (χ4v) is 2.57. The van der Waals surface area contributed by atoms with Crippen molar-refractivity contribution < 1.29 is 9.66 Å². The van der Waals surface area contributed by atoms with E-state index in [1.807, 2.05) is 13.0 Å². The molecule has 1 atom stereocenters. The molecule has 19 heavy (non-hydrogen) atoms. The van der Waals surface area contributed by atoms with E-state index in [2.05, 4.69) is 21.2 Å². The van der Waals surface area contributed by atoms with Gasteiger partial charge in [0.15, 0.2) is 0 Å². The Morgan fingerprint density at radius 1 is 1.53 bits per heavy atom. The van der Waals surface area contributed by atoms with E-state index >= 15 is 0 Å². The first-order valence-electron chi connectivity index (χ1n) is 6.24. The van der Waals surface area contributed by atoms with Crippen molar-refractivity contribution in [2.45, 2.75) is 25.8 Å². The zero-order valence-corrected chi connectivity index (χ0v) is 12.8. The van der Waals surface area contributed by atoms with Crippen molar-refractivity contribution in [3.63, 3.8) is 0 Å². The SMILES string of the molecule is CCNC(CCc1cccc([N+](=O)[O-])c1Br)COC. The molecule has 1 aromatic carbocycles. The summed E-state index contributed by atoms with van der Waals surface area (Å²) in [5.74, 6) is 0. The summed E-state index contributed by atoms with van der Waals surface area (Å²) < 4.78 is 5.73. The Hall–Kier alpha value is -0.980. The van der Waals surface area contributed by atoms with E-state index in [0.717, 1.165) is 24.9 Å². The number of rotatable bonds is 8. The second kappa shape index (κ2) is 8.24. The number of ether oxygens (including phenoxy) is 1. The van der Waals surface area contributed by atoms with E-state index < -0.39 is 0 Å². The van der Waals surface area contributed by atoms with Crippen LogP contribution in [-0.2, 0) is 11.2 Å². The molecule has 0 aliphatic heterocycles. The summed E-state index contributed by atoms with van der Waals surface area (Å²) in [6.07, 6.45) is 1.64. The maximum atomic E-state index is 10.9. The molecule has 6 heteroatoms. The van der Waals surface area contributed by atoms with Gasteiger partial charge in [-0.3, -0.25) is 10.1 Å². The first-order valence-corrected chi connectivity index (χ1v) is 7.03. The molecule has 1 N–H and O–H groups in total. The molecule has 1 aromatic rings. The van der Waals surface area contributed by atoms with Crippen LogP contribution in [0.4, 0.5) is 5.69 Å². The molecule has 0 saturated heterocycles. The topological polar surface area (TPSA) is 64.4 Å². The highest BCUT2D eigenvalue weighted by atomic mass is 79.9. The van der Waals surface area contributed by atoms with E-state index in [1.54, 1.807) is 13.2 Å². The molecule has 0 aromatic heterocycles. The number of nitro groups is 1. The molecule has 0 amide bonds. The van der Waals surface area contributed by atoms with Crippen molar-refractivity contribution in [2.75, 3.05) is 20.3 Å². The molecule has 0 aliphatic carbocycles. The van der Waals surface area contributed by atoms with Gasteiger partial charge in [0, 0.05) is 19.2 Å². The van der Waals surface area contributed by atoms with E-state index in [0.29, 0.717) is 11.1 Å². The molecule has 1 unspecified atom stereocenters. The Morgan fingerprint density at radius 2 is 2.26 bits per heavy atom. The van der Waals surface area contributed by atoms with Crippen molar-refractivity contribution in [3.05, 3.63) is 38.3 Å². The molecule has 0 heterocycles. The third-order valence-electron chi connectivity index (χ3n) is 2.88. The Kier molecular flexibility index (Phi) is 6.97. The van der Waals surface area contributed by atoms with Gasteiger partial charge in [0.2, 0.25) is 0 Å². The molecule has 0 spiro atoms. The van der Waals surface area contributed by atoms with Crippen LogP contribution in [0.15, 0.2) is 22.7 Å². The highest BCUT2D eigenvalue weighted by Gasteiger charge is 2.15. The molecule has 5 nitrogen and oxygen atoms in total. The first kappa shape index (κ1) is 16.1. The minimum atomic E-state index is -0.371. The average Bonchev–Trinajstić information content (AvgIpc) is 2.37. The number of nitro benzene ring substituents is 1. The standard InChI is InChI=1S/C13H19BrN2O3/c1-3-15-11(9-19-2)8-7-10-5-4-6-12(13(10)14)16(17)18/h4-6,11,15H,3,7-9H2,1-2H3. The van der Waals surface area contributed by atoms with Gasteiger partial charge in [-0.05, 0) is 40.9 Å². The number of hydrogen-bond acceptors (Lipinski definition) is 4. The molecule has 0 saturated carbocycles. The molecule has 0 aliphatic rings. The summed E-state index contributed by atoms with van der Waals surface area (Å²) >= 11 is 3.32. The van der Waals surface area contributed by atoms with Gasteiger partial charge in [0.1, 0.15) is 0 Å². The lowest BCUT2D eigenvalue weighted by atomic mass is 10.0. The van der Waals surface area contributed by atoms with Crippen LogP contribution in [0.2, 0.25) is 0 Å². The molecular formula is C13H19BrN2O3. The predicted molar refractivity (Wildman–Crippen MR) is 78.5 cm³/mol. The van der Waals surface area contributed by atoms with Gasteiger partial charge >= 0.3 is 0 Å². The van der Waals surface area contributed by atoms with Crippen LogP contribution in [0.1, 0.15) is 18.9 Å². The summed E-state index contributed by atoms with van der Waals surface area (Å²) in [4.78, 5) is 10.5. The summed E-state index contributed by atoms with van der Waals surface area (Å²) in [5, 5.41) is 14.2. The van der Waals surface area contributed by atoms with Crippen molar-refractivity contribution in [1.29, 1.82) is 0 Å². The number of methoxy groups -OCH3 is 1. The van der Waals surface area contributed by atoms with Crippen molar-refractivity contribution >= 4 is 21.6 Å². The van der Waals surface area contributed by atoms with E-state index in [9.17, 15) is 10.1 Å². The van der Waals surface area contributed by atoms with Crippen LogP contribution >= 0.6 is 15.9 Å². The molecule has 0 bridgehead atoms. The minimum absolute atomic E-state index is 0.115. The lowest BCUT2D eigenvalue weighted by Crippen LogP contribution is -2.33. The number of halogens is 1. The summed E-state index contributed by atoms with van der Waals surface area (Å²) in [6, 6.07) is 5.40. The molecule has 1 rings (SSSR count). The van der Waals surface area contributed by atoms with Gasteiger partial charge in [0.05, 0.1) is 16.0 Å². The van der Waals surface area contributed by atoms with Gasteiger partial charge in [-0.25, -0.2) is 0 Å². The fourth-order valence-electron chi connectivity index (χ4n) is 1.96.